The molecule has 2 aliphatic carbocycles. The summed E-state index contributed by atoms with van der Waals surface area (Å²) in [4.78, 5) is 54.8. The number of ether oxygens (including phenoxy) is 6. The van der Waals surface area contributed by atoms with Crippen LogP contribution in [0.2, 0.25) is 0 Å². The van der Waals surface area contributed by atoms with Gasteiger partial charge in [-0.2, -0.15) is 0 Å². The van der Waals surface area contributed by atoms with Crippen LogP contribution in [0.25, 0.3) is 22.3 Å². The quantitative estimate of drug-likeness (QED) is 0.0523. The van der Waals surface area contributed by atoms with Crippen molar-refractivity contribution in [2.75, 3.05) is 66.7 Å². The Bertz CT molecular complexity index is 2320. The summed E-state index contributed by atoms with van der Waals surface area (Å²) in [5, 5.41) is 6.48. The van der Waals surface area contributed by atoms with Crippen molar-refractivity contribution < 1.29 is 38.0 Å². The van der Waals surface area contributed by atoms with Crippen molar-refractivity contribution in [3.63, 3.8) is 0 Å². The molecule has 0 fully saturated rings. The second-order valence-corrected chi connectivity index (χ2v) is 19.5. The smallest absolute Gasteiger partial charge is 0.220 e. The lowest BCUT2D eigenvalue weighted by atomic mass is 9.95. The minimum absolute atomic E-state index is 0.0855. The summed E-state index contributed by atoms with van der Waals surface area (Å²) >= 11 is 2.76. The number of hydrogen-bond acceptors (Lipinski definition) is 14. The molecule has 4 aromatic rings. The number of carbonyl (C=O) groups excluding carboxylic acids is 2. The minimum Gasteiger partial charge on any atom is -0.493 e. The molecule has 12 nitrogen and oxygen atoms in total. The predicted molar refractivity (Wildman–Crippen MR) is 261 cm³/mol. The summed E-state index contributed by atoms with van der Waals surface area (Å²) < 4.78 is 34.5. The van der Waals surface area contributed by atoms with Crippen molar-refractivity contribution in [2.24, 2.45) is 0 Å². The van der Waals surface area contributed by atoms with Crippen LogP contribution in [-0.4, -0.2) is 78.5 Å². The van der Waals surface area contributed by atoms with Gasteiger partial charge in [0, 0.05) is 35.5 Å². The molecule has 6 rings (SSSR count). The number of benzene rings is 2. The van der Waals surface area contributed by atoms with E-state index in [1.165, 1.54) is 23.5 Å². The zero-order valence-corrected chi connectivity index (χ0v) is 40.8. The SMILES string of the molecule is COc1cc2c(c(OC)c1OC)-c1ccc(SC)c(=O)cc1[C@@H](NC(=O)CCCSSCCCC(=O)N[C@H]1CCc3cc(OC)c(OC)c(OC)c3-c3ccc(SC)c(=O)cc31)CC2. The van der Waals surface area contributed by atoms with E-state index < -0.39 is 12.1 Å². The Kier molecular flexibility index (Phi) is 17.5. The van der Waals surface area contributed by atoms with Gasteiger partial charge in [0.05, 0.1) is 64.5 Å². The number of hydrogen-bond donors (Lipinski definition) is 2. The summed E-state index contributed by atoms with van der Waals surface area (Å²) in [6, 6.07) is 13.9. The fourth-order valence-corrected chi connectivity index (χ4v) is 11.6. The number of rotatable bonds is 19. The zero-order chi connectivity index (χ0) is 45.9. The molecule has 0 saturated carbocycles. The first-order valence-electron chi connectivity index (χ1n) is 21.0. The third-order valence-corrected chi connectivity index (χ3v) is 15.6. The topological polar surface area (TPSA) is 148 Å². The van der Waals surface area contributed by atoms with Gasteiger partial charge in [-0.3, -0.25) is 19.2 Å². The lowest BCUT2D eigenvalue weighted by Crippen LogP contribution is -2.29. The number of methoxy groups -OCH3 is 6. The van der Waals surface area contributed by atoms with Crippen LogP contribution in [0.5, 0.6) is 34.5 Å². The zero-order valence-electron chi connectivity index (χ0n) is 37.6. The molecule has 342 valence electrons. The molecule has 0 unspecified atom stereocenters. The number of amides is 2. The van der Waals surface area contributed by atoms with Crippen LogP contribution in [0.4, 0.5) is 0 Å². The van der Waals surface area contributed by atoms with E-state index in [9.17, 15) is 19.2 Å². The highest BCUT2D eigenvalue weighted by molar-refractivity contribution is 8.76. The molecule has 16 heteroatoms. The molecule has 64 heavy (non-hydrogen) atoms. The average Bonchev–Trinajstić information content (AvgIpc) is 3.70. The van der Waals surface area contributed by atoms with Crippen LogP contribution in [0, 0.1) is 0 Å². The number of thioether (sulfide) groups is 2. The Morgan fingerprint density at radius 1 is 0.562 bits per heavy atom. The normalized spacial score (nSPS) is 14.9. The average molecular weight is 949 g/mol. The van der Waals surface area contributed by atoms with E-state index in [1.807, 2.05) is 48.9 Å². The van der Waals surface area contributed by atoms with Crippen LogP contribution in [-0.2, 0) is 22.4 Å². The highest BCUT2D eigenvalue weighted by Crippen LogP contribution is 2.52. The lowest BCUT2D eigenvalue weighted by molar-refractivity contribution is -0.122. The lowest BCUT2D eigenvalue weighted by Gasteiger charge is -2.20. The van der Waals surface area contributed by atoms with Gasteiger partial charge in [0.1, 0.15) is 0 Å². The molecule has 0 aliphatic heterocycles. The van der Waals surface area contributed by atoms with Gasteiger partial charge in [0.15, 0.2) is 33.9 Å². The third kappa shape index (κ3) is 10.7. The Labute approximate surface area is 391 Å². The summed E-state index contributed by atoms with van der Waals surface area (Å²) in [6.45, 7) is 0. The highest BCUT2D eigenvalue weighted by atomic mass is 33.1. The Morgan fingerprint density at radius 2 is 0.953 bits per heavy atom. The molecule has 2 aliphatic rings. The molecular weight excluding hydrogens is 893 g/mol. The maximum absolute atomic E-state index is 13.5. The van der Waals surface area contributed by atoms with Crippen molar-refractivity contribution in [1.82, 2.24) is 10.6 Å². The van der Waals surface area contributed by atoms with E-state index in [0.29, 0.717) is 95.7 Å². The van der Waals surface area contributed by atoms with E-state index in [2.05, 4.69) is 10.6 Å². The second kappa shape index (κ2) is 23.0. The molecule has 0 saturated heterocycles. The summed E-state index contributed by atoms with van der Waals surface area (Å²) in [5.41, 5.74) is 6.46. The molecule has 0 radical (unpaired) electrons. The first kappa shape index (κ1) is 48.8. The summed E-state index contributed by atoms with van der Waals surface area (Å²) in [6.07, 6.45) is 8.14. The second-order valence-electron chi connectivity index (χ2n) is 15.1. The predicted octanol–water partition coefficient (Wildman–Crippen LogP) is 9.09. The Balaban J connectivity index is 1.03. The van der Waals surface area contributed by atoms with Gasteiger partial charge in [-0.25, -0.2) is 0 Å². The number of carbonyl (C=O) groups is 2. The third-order valence-electron chi connectivity index (χ3n) is 11.5. The monoisotopic (exact) mass is 948 g/mol. The van der Waals surface area contributed by atoms with E-state index in [4.69, 9.17) is 28.4 Å². The van der Waals surface area contributed by atoms with Gasteiger partial charge in [-0.15, -0.1) is 23.5 Å². The standard InChI is InChI=1S/C48H56N2O10S4/c1-55-37-23-27-13-17-33(31-25-35(51)39(61-7)19-15-29(31)43(27)47(59-5)45(37)57-3)49-41(53)11-9-21-63-64-22-10-12-42(54)50-34-18-14-28-24-38(56-2)46(58-4)48(60-6)44(28)30-16-20-40(62-8)36(52)26-32(30)34/h15-16,19-20,23-26,33-34H,9-14,17-18,21-22H2,1-8H3,(H,49,53)(H,50,54)/t33-,34-/m0/s1. The van der Waals surface area contributed by atoms with Crippen molar-refractivity contribution in [3.8, 4) is 56.8 Å². The van der Waals surface area contributed by atoms with Crippen LogP contribution < -0.4 is 49.9 Å². The number of fused-ring (bicyclic) bond motifs is 6. The molecule has 0 bridgehead atoms. The Hall–Kier alpha value is -4.64. The van der Waals surface area contributed by atoms with Crippen molar-refractivity contribution >= 4 is 56.9 Å². The molecule has 0 aromatic heterocycles. The number of aryl methyl sites for hydroxylation is 2. The van der Waals surface area contributed by atoms with Gasteiger partial charge < -0.3 is 39.1 Å². The van der Waals surface area contributed by atoms with Gasteiger partial charge in [0.2, 0.25) is 23.3 Å². The molecule has 0 spiro atoms. The minimum atomic E-state index is -0.394. The van der Waals surface area contributed by atoms with E-state index in [-0.39, 0.29) is 22.7 Å². The van der Waals surface area contributed by atoms with Crippen LogP contribution >= 0.6 is 45.1 Å². The van der Waals surface area contributed by atoms with Crippen molar-refractivity contribution in [2.45, 2.75) is 73.2 Å². The van der Waals surface area contributed by atoms with Crippen LogP contribution in [0.3, 0.4) is 0 Å². The molecule has 2 atom stereocenters. The van der Waals surface area contributed by atoms with Crippen molar-refractivity contribution in [1.29, 1.82) is 0 Å². The maximum atomic E-state index is 13.5. The first-order chi connectivity index (χ1) is 31.0. The first-order valence-corrected chi connectivity index (χ1v) is 25.9. The molecular formula is C48H56N2O10S4. The molecule has 4 aromatic carbocycles. The Morgan fingerprint density at radius 3 is 1.30 bits per heavy atom. The fraction of sp³-hybridized carbons (Fsp3) is 0.417. The van der Waals surface area contributed by atoms with Gasteiger partial charge >= 0.3 is 0 Å². The van der Waals surface area contributed by atoms with Gasteiger partial charge in [-0.05, 0) is 121 Å². The summed E-state index contributed by atoms with van der Waals surface area (Å²) in [7, 11) is 12.8. The van der Waals surface area contributed by atoms with Crippen LogP contribution in [0.1, 0.15) is 72.9 Å². The molecule has 2 N–H and O–H groups in total. The molecule has 2 amide bonds. The largest absolute Gasteiger partial charge is 0.493 e. The van der Waals surface area contributed by atoms with E-state index >= 15 is 0 Å². The maximum Gasteiger partial charge on any atom is 0.220 e. The van der Waals surface area contributed by atoms with Gasteiger partial charge in [-0.1, -0.05) is 33.7 Å². The van der Waals surface area contributed by atoms with Crippen LogP contribution in [0.15, 0.2) is 67.9 Å². The number of nitrogens with one attached hydrogen (secondary N) is 2. The van der Waals surface area contributed by atoms with E-state index in [1.54, 1.807) is 76.4 Å². The fourth-order valence-electron chi connectivity index (χ4n) is 8.47. The van der Waals surface area contributed by atoms with E-state index in [0.717, 1.165) is 56.0 Å². The highest BCUT2D eigenvalue weighted by Gasteiger charge is 2.32. The van der Waals surface area contributed by atoms with Crippen molar-refractivity contribution in [3.05, 3.63) is 91.2 Å². The molecule has 0 heterocycles. The van der Waals surface area contributed by atoms with Gasteiger partial charge in [0.25, 0.3) is 0 Å². The summed E-state index contributed by atoms with van der Waals surface area (Å²) in [5.74, 6) is 4.41.